The van der Waals surface area contributed by atoms with Crippen molar-refractivity contribution in [3.63, 3.8) is 0 Å². The Balaban J connectivity index is 2.33. The Kier molecular flexibility index (Phi) is 6.83. The van der Waals surface area contributed by atoms with E-state index in [-0.39, 0.29) is 5.60 Å². The Hall–Kier alpha value is -0.340. The second-order valence-corrected chi connectivity index (χ2v) is 5.24. The average molecular weight is 239 g/mol. The van der Waals surface area contributed by atoms with Crippen LogP contribution >= 0.6 is 0 Å². The van der Waals surface area contributed by atoms with E-state index in [1.807, 2.05) is 13.2 Å². The van der Waals surface area contributed by atoms with Crippen LogP contribution in [0.2, 0.25) is 0 Å². The van der Waals surface area contributed by atoms with Crippen molar-refractivity contribution in [1.29, 1.82) is 0 Å². The first-order chi connectivity index (χ1) is 8.29. The van der Waals surface area contributed by atoms with Gasteiger partial charge in [0.2, 0.25) is 0 Å². The quantitative estimate of drug-likeness (QED) is 0.489. The van der Waals surface area contributed by atoms with Gasteiger partial charge in [-0.15, -0.1) is 6.58 Å². The molecule has 0 aromatic rings. The van der Waals surface area contributed by atoms with Crippen LogP contribution in [0.15, 0.2) is 12.7 Å². The third-order valence-electron chi connectivity index (χ3n) is 4.24. The van der Waals surface area contributed by atoms with Gasteiger partial charge in [-0.3, -0.25) is 0 Å². The summed E-state index contributed by atoms with van der Waals surface area (Å²) < 4.78 is 5.85. The van der Waals surface area contributed by atoms with E-state index in [2.05, 4.69) is 18.9 Å². The van der Waals surface area contributed by atoms with Crippen LogP contribution in [0.3, 0.4) is 0 Å². The highest BCUT2D eigenvalue weighted by Crippen LogP contribution is 2.37. The van der Waals surface area contributed by atoms with Gasteiger partial charge < -0.3 is 10.1 Å². The zero-order valence-electron chi connectivity index (χ0n) is 11.6. The smallest absolute Gasteiger partial charge is 0.0830 e. The Labute approximate surface area is 107 Å². The van der Waals surface area contributed by atoms with Gasteiger partial charge in [-0.25, -0.2) is 0 Å². The summed E-state index contributed by atoms with van der Waals surface area (Å²) >= 11 is 0. The summed E-state index contributed by atoms with van der Waals surface area (Å²) in [4.78, 5) is 0. The van der Waals surface area contributed by atoms with E-state index < -0.39 is 0 Å². The molecule has 1 aliphatic carbocycles. The molecule has 2 heteroatoms. The molecule has 0 saturated heterocycles. The summed E-state index contributed by atoms with van der Waals surface area (Å²) in [5, 5.41) is 3.48. The van der Waals surface area contributed by atoms with E-state index in [4.69, 9.17) is 4.74 Å². The molecule has 0 amide bonds. The van der Waals surface area contributed by atoms with Gasteiger partial charge in [-0.2, -0.15) is 0 Å². The van der Waals surface area contributed by atoms with E-state index in [1.165, 1.54) is 51.4 Å². The lowest BCUT2D eigenvalue weighted by molar-refractivity contribution is -0.0364. The maximum Gasteiger partial charge on any atom is 0.0830 e. The van der Waals surface area contributed by atoms with Crippen molar-refractivity contribution < 1.29 is 4.74 Å². The van der Waals surface area contributed by atoms with Crippen LogP contribution in [-0.4, -0.2) is 25.8 Å². The number of hydrogen-bond acceptors (Lipinski definition) is 2. The zero-order valence-corrected chi connectivity index (χ0v) is 11.6. The predicted octanol–water partition coefficient (Wildman–Crippen LogP) is 3.67. The lowest BCUT2D eigenvalue weighted by atomic mass is 9.88. The third kappa shape index (κ3) is 4.11. The van der Waals surface area contributed by atoms with E-state index in [9.17, 15) is 0 Å². The van der Waals surface area contributed by atoms with Gasteiger partial charge in [-0.1, -0.05) is 31.8 Å². The summed E-state index contributed by atoms with van der Waals surface area (Å²) in [5.74, 6) is 0. The topological polar surface area (TPSA) is 21.3 Å². The van der Waals surface area contributed by atoms with E-state index in [0.717, 1.165) is 6.42 Å². The Morgan fingerprint density at radius 2 is 2.00 bits per heavy atom. The second kappa shape index (κ2) is 7.88. The first-order valence-electron chi connectivity index (χ1n) is 7.12. The van der Waals surface area contributed by atoms with Crippen molar-refractivity contribution >= 4 is 0 Å². The molecule has 1 atom stereocenters. The first kappa shape index (κ1) is 14.7. The van der Waals surface area contributed by atoms with Crippen LogP contribution in [0.5, 0.6) is 0 Å². The number of rotatable bonds is 9. The monoisotopic (exact) mass is 239 g/mol. The SMILES string of the molecule is C=CCCCCCC(NC)C1(OC)CCCC1. The molecule has 1 unspecified atom stereocenters. The largest absolute Gasteiger partial charge is 0.377 e. The highest BCUT2D eigenvalue weighted by Gasteiger charge is 2.40. The molecule has 0 bridgehead atoms. The van der Waals surface area contributed by atoms with Gasteiger partial charge >= 0.3 is 0 Å². The van der Waals surface area contributed by atoms with Crippen LogP contribution in [0.4, 0.5) is 0 Å². The molecule has 0 radical (unpaired) electrons. The molecule has 0 aromatic heterocycles. The molecule has 100 valence electrons. The highest BCUT2D eigenvalue weighted by molar-refractivity contribution is 4.96. The van der Waals surface area contributed by atoms with Gasteiger partial charge in [0, 0.05) is 13.2 Å². The first-order valence-corrected chi connectivity index (χ1v) is 7.12. The van der Waals surface area contributed by atoms with E-state index in [1.54, 1.807) is 0 Å². The molecular formula is C15H29NO. The molecule has 0 aliphatic heterocycles. The molecule has 1 aliphatic rings. The van der Waals surface area contributed by atoms with Gasteiger partial charge in [0.05, 0.1) is 5.60 Å². The highest BCUT2D eigenvalue weighted by atomic mass is 16.5. The summed E-state index contributed by atoms with van der Waals surface area (Å²) in [7, 11) is 3.96. The molecular weight excluding hydrogens is 210 g/mol. The van der Waals surface area contributed by atoms with Crippen LogP contribution in [0.25, 0.3) is 0 Å². The minimum absolute atomic E-state index is 0.118. The lowest BCUT2D eigenvalue weighted by Gasteiger charge is -2.36. The summed E-state index contributed by atoms with van der Waals surface area (Å²) in [6, 6.07) is 0.527. The lowest BCUT2D eigenvalue weighted by Crippen LogP contribution is -2.49. The van der Waals surface area contributed by atoms with Crippen LogP contribution in [0.1, 0.15) is 57.8 Å². The van der Waals surface area contributed by atoms with Crippen molar-refractivity contribution in [3.8, 4) is 0 Å². The fourth-order valence-corrected chi connectivity index (χ4v) is 3.15. The van der Waals surface area contributed by atoms with Crippen molar-refractivity contribution in [1.82, 2.24) is 5.32 Å². The van der Waals surface area contributed by atoms with Crippen molar-refractivity contribution in [2.75, 3.05) is 14.2 Å². The summed E-state index contributed by atoms with van der Waals surface area (Å²) in [5.41, 5.74) is 0.118. The number of likely N-dealkylation sites (N-methyl/N-ethyl adjacent to an activating group) is 1. The maximum atomic E-state index is 5.85. The molecule has 1 rings (SSSR count). The van der Waals surface area contributed by atoms with Crippen molar-refractivity contribution in [3.05, 3.63) is 12.7 Å². The normalized spacial score (nSPS) is 20.4. The minimum Gasteiger partial charge on any atom is -0.377 e. The zero-order chi connectivity index (χ0) is 12.6. The van der Waals surface area contributed by atoms with E-state index >= 15 is 0 Å². The fraction of sp³-hybridized carbons (Fsp3) is 0.867. The molecule has 0 aromatic carbocycles. The van der Waals surface area contributed by atoms with Crippen LogP contribution in [0, 0.1) is 0 Å². The number of unbranched alkanes of at least 4 members (excludes halogenated alkanes) is 3. The van der Waals surface area contributed by atoms with Gasteiger partial charge in [-0.05, 0) is 39.2 Å². The van der Waals surface area contributed by atoms with Gasteiger partial charge in [0.1, 0.15) is 0 Å². The Morgan fingerprint density at radius 1 is 1.29 bits per heavy atom. The average Bonchev–Trinajstić information content (AvgIpc) is 2.83. The number of nitrogens with one attached hydrogen (secondary N) is 1. The number of ether oxygens (including phenoxy) is 1. The Morgan fingerprint density at radius 3 is 2.53 bits per heavy atom. The molecule has 17 heavy (non-hydrogen) atoms. The van der Waals surface area contributed by atoms with Gasteiger partial charge in [0.15, 0.2) is 0 Å². The summed E-state index contributed by atoms with van der Waals surface area (Å²) in [6.45, 7) is 3.76. The van der Waals surface area contributed by atoms with Crippen molar-refractivity contribution in [2.24, 2.45) is 0 Å². The molecule has 0 spiro atoms. The van der Waals surface area contributed by atoms with Gasteiger partial charge in [0.25, 0.3) is 0 Å². The molecule has 1 N–H and O–H groups in total. The van der Waals surface area contributed by atoms with Crippen LogP contribution in [-0.2, 0) is 4.74 Å². The fourth-order valence-electron chi connectivity index (χ4n) is 3.15. The molecule has 2 nitrogen and oxygen atoms in total. The number of hydrogen-bond donors (Lipinski definition) is 1. The van der Waals surface area contributed by atoms with Crippen molar-refractivity contribution in [2.45, 2.75) is 69.4 Å². The Bertz CT molecular complexity index is 209. The third-order valence-corrected chi connectivity index (χ3v) is 4.24. The minimum atomic E-state index is 0.118. The maximum absolute atomic E-state index is 5.85. The standard InChI is InChI=1S/C15H29NO/c1-4-5-6-7-8-11-14(16-2)15(17-3)12-9-10-13-15/h4,14,16H,1,5-13H2,2-3H3. The van der Waals surface area contributed by atoms with E-state index in [0.29, 0.717) is 6.04 Å². The molecule has 1 saturated carbocycles. The summed E-state index contributed by atoms with van der Waals surface area (Å²) in [6.07, 6.45) is 13.4. The molecule has 1 fully saturated rings. The number of methoxy groups -OCH3 is 1. The second-order valence-electron chi connectivity index (χ2n) is 5.24. The van der Waals surface area contributed by atoms with Crippen LogP contribution < -0.4 is 5.32 Å². The molecule has 0 heterocycles. The predicted molar refractivity (Wildman–Crippen MR) is 74.3 cm³/mol. The number of allylic oxidation sites excluding steroid dienone is 1.